The Kier molecular flexibility index (Phi) is 38.0. The standard InChI is InChI=1S/C62H103NO12P2/c1-47(2)26-18-29-49(4)31-20-33-51(6)35-22-37-53(8)39-24-41-55(10)43-25-42-54(9)40-23-38-52(7)36-21-34-50(5)32-19-30-48(3)27-16-14-13-15-17-28-56(11)44-45-72-76(68,69)75-77(70,71)74-62-59(63-57(12)65)61(67)60(66)58(46-64)73-62/h13,15,26-27,31-32,35-36,39-40,43-44,58-62,64,66-67H,14,16-25,28-30,33-34,37-38,41-42,45-46H2,1-12H3,(H,63,65)(H,68,69)(H,70,71)/p-2/b15-13-,48-27-,49-31+,50-32-,51-35+,52-36-,53-39+,54-40-,55-43-,56-44-/t58-,59-,60-,61-,62-/m1/s1. The number of nitrogens with one attached hydrogen (secondary N) is 1. The van der Waals surface area contributed by atoms with Crippen molar-refractivity contribution in [1.82, 2.24) is 5.32 Å². The first-order chi connectivity index (χ1) is 36.3. The van der Waals surface area contributed by atoms with E-state index in [1.807, 2.05) is 0 Å². The molecule has 13 nitrogen and oxygen atoms in total. The van der Waals surface area contributed by atoms with E-state index >= 15 is 0 Å². The summed E-state index contributed by atoms with van der Waals surface area (Å²) in [5.74, 6) is -0.740. The van der Waals surface area contributed by atoms with Gasteiger partial charge in [-0.05, 0) is 205 Å². The van der Waals surface area contributed by atoms with Crippen LogP contribution in [0.3, 0.4) is 0 Å². The van der Waals surface area contributed by atoms with Crippen molar-refractivity contribution >= 4 is 21.6 Å². The van der Waals surface area contributed by atoms with Crippen LogP contribution in [0.15, 0.2) is 129 Å². The third kappa shape index (κ3) is 37.3. The summed E-state index contributed by atoms with van der Waals surface area (Å²) in [4.78, 5) is 36.3. The Labute approximate surface area is 466 Å². The van der Waals surface area contributed by atoms with Crippen LogP contribution in [0.1, 0.15) is 212 Å². The van der Waals surface area contributed by atoms with Gasteiger partial charge >= 0.3 is 0 Å². The smallest absolute Gasteiger partial charge is 0.276 e. The summed E-state index contributed by atoms with van der Waals surface area (Å²) in [5.41, 5.74) is 14.0. The van der Waals surface area contributed by atoms with Crippen molar-refractivity contribution in [2.24, 2.45) is 0 Å². The molecule has 1 fully saturated rings. The van der Waals surface area contributed by atoms with Crippen LogP contribution in [0, 0.1) is 0 Å². The van der Waals surface area contributed by atoms with Crippen LogP contribution in [0.5, 0.6) is 0 Å². The first-order valence-corrected chi connectivity index (χ1v) is 31.0. The quantitative estimate of drug-likeness (QED) is 0.0258. The number of carbonyl (C=O) groups is 1. The summed E-state index contributed by atoms with van der Waals surface area (Å²) in [6, 6.07) is -1.64. The minimum atomic E-state index is -5.73. The highest BCUT2D eigenvalue weighted by Crippen LogP contribution is 2.56. The predicted octanol–water partition coefficient (Wildman–Crippen LogP) is 14.8. The van der Waals surface area contributed by atoms with Gasteiger partial charge < -0.3 is 39.7 Å². The van der Waals surface area contributed by atoms with Crippen LogP contribution in [0.25, 0.3) is 0 Å². The summed E-state index contributed by atoms with van der Waals surface area (Å²) in [6.07, 6.45) is 41.1. The van der Waals surface area contributed by atoms with E-state index in [0.717, 1.165) is 128 Å². The largest absolute Gasteiger partial charge is 0.756 e. The zero-order valence-corrected chi connectivity index (χ0v) is 51.1. The molecule has 77 heavy (non-hydrogen) atoms. The van der Waals surface area contributed by atoms with Crippen molar-refractivity contribution in [3.63, 3.8) is 0 Å². The van der Waals surface area contributed by atoms with Crippen molar-refractivity contribution < 1.29 is 57.1 Å². The summed E-state index contributed by atoms with van der Waals surface area (Å²) in [7, 11) is -11.2. The Hall–Kier alpha value is -3.29. The van der Waals surface area contributed by atoms with Crippen molar-refractivity contribution in [3.05, 3.63) is 129 Å². The van der Waals surface area contributed by atoms with E-state index < -0.39 is 65.4 Å². The Balaban J connectivity index is 2.29. The summed E-state index contributed by atoms with van der Waals surface area (Å²) >= 11 is 0. The van der Waals surface area contributed by atoms with Gasteiger partial charge in [0.1, 0.15) is 24.4 Å². The monoisotopic (exact) mass is 1110 g/mol. The van der Waals surface area contributed by atoms with E-state index in [9.17, 15) is 39.0 Å². The number of amides is 1. The Morgan fingerprint density at radius 1 is 0.481 bits per heavy atom. The third-order valence-corrected chi connectivity index (χ3v) is 15.9. The van der Waals surface area contributed by atoms with Gasteiger partial charge in [-0.25, -0.2) is 4.31 Å². The van der Waals surface area contributed by atoms with Crippen LogP contribution in [0.2, 0.25) is 0 Å². The molecule has 0 saturated carbocycles. The molecule has 1 saturated heterocycles. The number of phosphoric ester groups is 2. The zero-order chi connectivity index (χ0) is 57.8. The Morgan fingerprint density at radius 3 is 1.18 bits per heavy atom. The molecule has 0 aromatic rings. The van der Waals surface area contributed by atoms with Crippen molar-refractivity contribution in [3.8, 4) is 0 Å². The second kappa shape index (κ2) is 40.8. The predicted molar refractivity (Wildman–Crippen MR) is 313 cm³/mol. The molecule has 2 unspecified atom stereocenters. The van der Waals surface area contributed by atoms with Gasteiger partial charge in [0.25, 0.3) is 15.6 Å². The Bertz CT molecular complexity index is 2210. The van der Waals surface area contributed by atoms with Gasteiger partial charge in [0.15, 0.2) is 6.29 Å². The molecule has 1 rings (SSSR count). The molecule has 1 amide bonds. The van der Waals surface area contributed by atoms with Gasteiger partial charge in [-0.1, -0.05) is 129 Å². The lowest BCUT2D eigenvalue weighted by molar-refractivity contribution is -0.284. The summed E-state index contributed by atoms with van der Waals surface area (Å²) in [6.45, 7) is 23.9. The van der Waals surface area contributed by atoms with Crippen LogP contribution in [-0.4, -0.2) is 65.1 Å². The molecule has 1 heterocycles. The van der Waals surface area contributed by atoms with E-state index in [1.54, 1.807) is 6.92 Å². The molecular formula is C62H101NO12P2-2. The fraction of sp³-hybridized carbons (Fsp3) is 0.629. The molecule has 4 N–H and O–H groups in total. The number of allylic oxidation sites excluding steroid dienone is 21. The molecule has 1 aliphatic rings. The van der Waals surface area contributed by atoms with Crippen molar-refractivity contribution in [2.45, 2.75) is 242 Å². The van der Waals surface area contributed by atoms with Crippen LogP contribution in [-0.2, 0) is 32.0 Å². The lowest BCUT2D eigenvalue weighted by Gasteiger charge is -2.43. The molecule has 0 aliphatic carbocycles. The molecule has 0 aromatic heterocycles. The van der Waals surface area contributed by atoms with Crippen molar-refractivity contribution in [1.29, 1.82) is 0 Å². The van der Waals surface area contributed by atoms with Gasteiger partial charge in [0, 0.05) is 6.92 Å². The Morgan fingerprint density at radius 2 is 0.818 bits per heavy atom. The molecule has 0 bridgehead atoms. The minimum Gasteiger partial charge on any atom is -0.756 e. The highest BCUT2D eigenvalue weighted by Gasteiger charge is 2.47. The van der Waals surface area contributed by atoms with Gasteiger partial charge in [0.2, 0.25) is 5.91 Å². The first-order valence-electron chi connectivity index (χ1n) is 28.1. The van der Waals surface area contributed by atoms with Gasteiger partial charge in [-0.15, -0.1) is 0 Å². The summed E-state index contributed by atoms with van der Waals surface area (Å²) < 4.78 is 43.4. The second-order valence-corrected chi connectivity index (χ2v) is 24.4. The van der Waals surface area contributed by atoms with Crippen LogP contribution in [0.4, 0.5) is 0 Å². The number of hydrogen-bond acceptors (Lipinski definition) is 12. The van der Waals surface area contributed by atoms with Crippen LogP contribution >= 0.6 is 15.6 Å². The maximum Gasteiger partial charge on any atom is 0.276 e. The number of phosphoric acid groups is 2. The topological polar surface area (TPSA) is 207 Å². The highest BCUT2D eigenvalue weighted by atomic mass is 31.3. The lowest BCUT2D eigenvalue weighted by atomic mass is 9.97. The average molecular weight is 1110 g/mol. The van der Waals surface area contributed by atoms with E-state index in [-0.39, 0.29) is 0 Å². The van der Waals surface area contributed by atoms with Gasteiger partial charge in [-0.2, -0.15) is 0 Å². The molecule has 0 spiro atoms. The normalized spacial score (nSPS) is 21.6. The zero-order valence-electron chi connectivity index (χ0n) is 49.3. The molecule has 1 aliphatic heterocycles. The van der Waals surface area contributed by atoms with E-state index in [0.29, 0.717) is 6.42 Å². The third-order valence-electron chi connectivity index (χ3n) is 13.4. The fourth-order valence-corrected chi connectivity index (χ4v) is 10.4. The number of aliphatic hydroxyl groups is 3. The minimum absolute atomic E-state index is 0.496. The van der Waals surface area contributed by atoms with Gasteiger partial charge in [0.05, 0.1) is 13.2 Å². The van der Waals surface area contributed by atoms with Crippen LogP contribution < -0.4 is 15.1 Å². The molecule has 15 heteroatoms. The molecule has 0 radical (unpaired) electrons. The molecule has 7 atom stereocenters. The number of unbranched alkanes of at least 4 members (excludes halogenated alkanes) is 1. The lowest BCUT2D eigenvalue weighted by Crippen LogP contribution is -2.64. The number of hydrogen-bond donors (Lipinski definition) is 4. The first kappa shape index (κ1) is 71.7. The van der Waals surface area contributed by atoms with E-state index in [1.165, 1.54) is 62.7 Å². The number of aliphatic hydroxyl groups excluding tert-OH is 3. The summed E-state index contributed by atoms with van der Waals surface area (Å²) in [5, 5.41) is 32.0. The maximum absolute atomic E-state index is 12.5. The number of ether oxygens (including phenoxy) is 1. The number of rotatable bonds is 39. The SMILES string of the molecule is CC(=O)N[C@H]1[C@@H](OP(=O)([O-])OP(=O)([O-])OC/C=C(/C)CC/C=C\CC/C=C(/C)CC/C=C(/C)CC/C=C(/C)CC/C=C(/C)CC/C=C(/C)CC/C=C(\C)CC/C=C(\C)CC/C=C(\C)CCC=C(C)C)O[C@H](CO)[C@@H](O)[C@@H]1O. The average Bonchev–Trinajstić information content (AvgIpc) is 3.32. The van der Waals surface area contributed by atoms with Crippen molar-refractivity contribution in [2.75, 3.05) is 13.2 Å². The second-order valence-electron chi connectivity index (χ2n) is 21.4. The van der Waals surface area contributed by atoms with E-state index in [2.05, 4.69) is 155 Å². The molecule has 0 aromatic carbocycles. The molecule has 438 valence electrons. The van der Waals surface area contributed by atoms with Gasteiger partial charge in [-0.3, -0.25) is 18.4 Å². The highest BCUT2D eigenvalue weighted by molar-refractivity contribution is 7.59. The molecular weight excluding hydrogens is 1010 g/mol. The number of carbonyl (C=O) groups excluding carboxylic acids is 1. The van der Waals surface area contributed by atoms with E-state index in [4.69, 9.17) is 4.74 Å². The maximum atomic E-state index is 12.5. The fourth-order valence-electron chi connectivity index (χ4n) is 8.43.